The Hall–Kier alpha value is -1.47. The van der Waals surface area contributed by atoms with Crippen molar-refractivity contribution in [2.45, 2.75) is 6.43 Å². The van der Waals surface area contributed by atoms with Crippen LogP contribution in [-0.4, -0.2) is 31.1 Å². The van der Waals surface area contributed by atoms with E-state index in [2.05, 4.69) is 10.1 Å². The van der Waals surface area contributed by atoms with E-state index in [1.54, 1.807) is 0 Å². The molecule has 0 aliphatic heterocycles. The molecular formula is C10H11ClF2N2O3. The Balaban J connectivity index is 2.50. The number of nitrogens with one attached hydrogen (secondary N) is 1. The Kier molecular flexibility index (Phi) is 5.73. The van der Waals surface area contributed by atoms with Gasteiger partial charge in [0.25, 0.3) is 12.1 Å². The molecule has 0 saturated heterocycles. The second-order valence-electron chi connectivity index (χ2n) is 3.31. The van der Waals surface area contributed by atoms with Gasteiger partial charge in [0.1, 0.15) is 12.3 Å². The number of rotatable bonds is 7. The number of benzene rings is 1. The summed E-state index contributed by atoms with van der Waals surface area (Å²) < 4.78 is 28.1. The van der Waals surface area contributed by atoms with Crippen molar-refractivity contribution in [1.29, 1.82) is 0 Å². The van der Waals surface area contributed by atoms with Crippen LogP contribution in [0.3, 0.4) is 0 Å². The van der Waals surface area contributed by atoms with Gasteiger partial charge in [0.2, 0.25) is 0 Å². The van der Waals surface area contributed by atoms with E-state index in [4.69, 9.17) is 11.6 Å². The first-order valence-electron chi connectivity index (χ1n) is 5.04. The summed E-state index contributed by atoms with van der Waals surface area (Å²) >= 11 is 5.71. The normalized spacial score (nSPS) is 10.7. The number of ether oxygens (including phenoxy) is 1. The predicted molar refractivity (Wildman–Crippen MR) is 63.4 cm³/mol. The van der Waals surface area contributed by atoms with E-state index in [1.807, 2.05) is 0 Å². The van der Waals surface area contributed by atoms with Gasteiger partial charge >= 0.3 is 0 Å². The van der Waals surface area contributed by atoms with Crippen molar-refractivity contribution in [2.75, 3.05) is 25.1 Å². The molecular weight excluding hydrogens is 270 g/mol. The number of nitro benzene ring substituents is 1. The molecule has 0 saturated carbocycles. The molecule has 0 atom stereocenters. The Morgan fingerprint density at radius 3 is 2.83 bits per heavy atom. The van der Waals surface area contributed by atoms with Gasteiger partial charge in [-0.3, -0.25) is 10.1 Å². The number of hydrogen-bond acceptors (Lipinski definition) is 4. The molecule has 1 aromatic carbocycles. The van der Waals surface area contributed by atoms with E-state index in [1.165, 1.54) is 18.2 Å². The Morgan fingerprint density at radius 2 is 2.22 bits per heavy atom. The quantitative estimate of drug-likeness (QED) is 0.474. The lowest BCUT2D eigenvalue weighted by molar-refractivity contribution is -0.384. The third-order valence-electron chi connectivity index (χ3n) is 1.96. The van der Waals surface area contributed by atoms with Crippen molar-refractivity contribution in [3.63, 3.8) is 0 Å². The van der Waals surface area contributed by atoms with Gasteiger partial charge in [0.05, 0.1) is 11.5 Å². The molecule has 1 N–H and O–H groups in total. The maximum Gasteiger partial charge on any atom is 0.292 e. The van der Waals surface area contributed by atoms with Crippen molar-refractivity contribution in [3.8, 4) is 0 Å². The average Bonchev–Trinajstić information content (AvgIpc) is 2.27. The van der Waals surface area contributed by atoms with E-state index in [9.17, 15) is 18.9 Å². The highest BCUT2D eigenvalue weighted by atomic mass is 35.5. The molecule has 18 heavy (non-hydrogen) atoms. The lowest BCUT2D eigenvalue weighted by atomic mass is 10.2. The first-order valence-corrected chi connectivity index (χ1v) is 5.42. The van der Waals surface area contributed by atoms with Gasteiger partial charge < -0.3 is 10.1 Å². The van der Waals surface area contributed by atoms with Crippen molar-refractivity contribution < 1.29 is 18.4 Å². The van der Waals surface area contributed by atoms with Crippen LogP contribution in [-0.2, 0) is 4.74 Å². The maximum atomic E-state index is 11.8. The smallest absolute Gasteiger partial charge is 0.292 e. The summed E-state index contributed by atoms with van der Waals surface area (Å²) in [5.41, 5.74) is 0.0985. The van der Waals surface area contributed by atoms with Crippen LogP contribution in [0, 0.1) is 10.1 Å². The van der Waals surface area contributed by atoms with Gasteiger partial charge in [-0.15, -0.1) is 0 Å². The molecule has 5 nitrogen and oxygen atoms in total. The largest absolute Gasteiger partial charge is 0.377 e. The summed E-state index contributed by atoms with van der Waals surface area (Å²) in [7, 11) is 0. The monoisotopic (exact) mass is 280 g/mol. The summed E-state index contributed by atoms with van der Waals surface area (Å²) in [6.07, 6.45) is -2.52. The number of hydrogen-bond donors (Lipinski definition) is 1. The zero-order chi connectivity index (χ0) is 13.5. The molecule has 1 rings (SSSR count). The van der Waals surface area contributed by atoms with Crippen LogP contribution in [0.25, 0.3) is 0 Å². The van der Waals surface area contributed by atoms with Crippen LogP contribution in [0.2, 0.25) is 5.02 Å². The fraction of sp³-hybridized carbons (Fsp3) is 0.400. The number of nitrogens with zero attached hydrogens (tertiary/aromatic N) is 1. The van der Waals surface area contributed by atoms with Crippen molar-refractivity contribution in [1.82, 2.24) is 0 Å². The van der Waals surface area contributed by atoms with Crippen LogP contribution < -0.4 is 5.32 Å². The second-order valence-corrected chi connectivity index (χ2v) is 3.75. The highest BCUT2D eigenvalue weighted by Crippen LogP contribution is 2.27. The summed E-state index contributed by atoms with van der Waals surface area (Å²) in [4.78, 5) is 10.1. The van der Waals surface area contributed by atoms with Crippen molar-refractivity contribution in [3.05, 3.63) is 33.3 Å². The molecule has 0 fully saturated rings. The molecule has 0 amide bonds. The van der Waals surface area contributed by atoms with E-state index in [0.717, 1.165) is 0 Å². The van der Waals surface area contributed by atoms with Crippen LogP contribution >= 0.6 is 11.6 Å². The van der Waals surface area contributed by atoms with Gasteiger partial charge in [-0.1, -0.05) is 11.6 Å². The van der Waals surface area contributed by atoms with Gasteiger partial charge in [-0.2, -0.15) is 0 Å². The summed E-state index contributed by atoms with van der Waals surface area (Å²) in [6, 6.07) is 4.07. The topological polar surface area (TPSA) is 64.4 Å². The maximum absolute atomic E-state index is 11.8. The minimum absolute atomic E-state index is 0.0218. The van der Waals surface area contributed by atoms with Gasteiger partial charge in [0.15, 0.2) is 0 Å². The molecule has 8 heteroatoms. The standard InChI is InChI=1S/C10H11ClF2N2O3/c11-7-1-2-9(15(16)17)8(5-7)14-3-4-18-6-10(12)13/h1-2,5,10,14H,3-4,6H2. The van der Waals surface area contributed by atoms with Gasteiger partial charge in [-0.05, 0) is 12.1 Å². The lowest BCUT2D eigenvalue weighted by Gasteiger charge is -2.08. The SMILES string of the molecule is O=[N+]([O-])c1ccc(Cl)cc1NCCOCC(F)F. The third-order valence-corrected chi connectivity index (χ3v) is 2.20. The first kappa shape index (κ1) is 14.6. The van der Waals surface area contributed by atoms with E-state index in [-0.39, 0.29) is 24.5 Å². The number of anilines is 1. The predicted octanol–water partition coefficient (Wildman–Crippen LogP) is 2.94. The second kappa shape index (κ2) is 7.07. The average molecular weight is 281 g/mol. The summed E-state index contributed by atoms with van der Waals surface area (Å²) in [5.74, 6) is 0. The van der Waals surface area contributed by atoms with E-state index < -0.39 is 18.0 Å². The molecule has 0 aromatic heterocycles. The molecule has 100 valence electrons. The molecule has 0 bridgehead atoms. The lowest BCUT2D eigenvalue weighted by Crippen LogP contribution is -2.13. The number of alkyl halides is 2. The Morgan fingerprint density at radius 1 is 1.50 bits per heavy atom. The summed E-state index contributed by atoms with van der Waals surface area (Å²) in [6.45, 7) is -0.457. The Bertz CT molecular complexity index is 418. The molecule has 1 aromatic rings. The molecule has 0 spiro atoms. The van der Waals surface area contributed by atoms with Crippen molar-refractivity contribution >= 4 is 23.0 Å². The molecule has 0 aliphatic rings. The third kappa shape index (κ3) is 4.80. The highest BCUT2D eigenvalue weighted by molar-refractivity contribution is 6.31. The zero-order valence-corrected chi connectivity index (χ0v) is 9.99. The van der Waals surface area contributed by atoms with Crippen LogP contribution in [0.1, 0.15) is 0 Å². The van der Waals surface area contributed by atoms with Crippen LogP contribution in [0.15, 0.2) is 18.2 Å². The molecule has 0 unspecified atom stereocenters. The van der Waals surface area contributed by atoms with Crippen LogP contribution in [0.4, 0.5) is 20.2 Å². The number of halogens is 3. The Labute approximate surface area is 107 Å². The first-order chi connectivity index (χ1) is 8.50. The highest BCUT2D eigenvalue weighted by Gasteiger charge is 2.13. The van der Waals surface area contributed by atoms with E-state index in [0.29, 0.717) is 5.02 Å². The minimum atomic E-state index is -2.52. The summed E-state index contributed by atoms with van der Waals surface area (Å²) in [5, 5.41) is 13.8. The fourth-order valence-electron chi connectivity index (χ4n) is 1.24. The van der Waals surface area contributed by atoms with Gasteiger partial charge in [0, 0.05) is 17.6 Å². The molecule has 0 aliphatic carbocycles. The van der Waals surface area contributed by atoms with Crippen LogP contribution in [0.5, 0.6) is 0 Å². The van der Waals surface area contributed by atoms with Crippen molar-refractivity contribution in [2.24, 2.45) is 0 Å². The minimum Gasteiger partial charge on any atom is -0.377 e. The van der Waals surface area contributed by atoms with E-state index >= 15 is 0 Å². The molecule has 0 heterocycles. The van der Waals surface area contributed by atoms with Gasteiger partial charge in [-0.25, -0.2) is 8.78 Å². The fourth-order valence-corrected chi connectivity index (χ4v) is 1.41. The molecule has 0 radical (unpaired) electrons. The number of nitro groups is 1. The zero-order valence-electron chi connectivity index (χ0n) is 9.24.